The summed E-state index contributed by atoms with van der Waals surface area (Å²) in [5.74, 6) is 1.11. The molecule has 1 aromatic heterocycles. The molecule has 70 valence electrons. The lowest BCUT2D eigenvalue weighted by Crippen LogP contribution is -2.23. The van der Waals surface area contributed by atoms with Crippen LogP contribution in [-0.4, -0.2) is 28.3 Å². The molecule has 0 radical (unpaired) electrons. The highest BCUT2D eigenvalue weighted by Gasteiger charge is 2.13. The molecule has 2 heterocycles. The van der Waals surface area contributed by atoms with Gasteiger partial charge in [0.2, 0.25) is 0 Å². The average Bonchev–Trinajstić information content (AvgIpc) is 2.69. The molecule has 0 amide bonds. The van der Waals surface area contributed by atoms with Crippen molar-refractivity contribution in [3.05, 3.63) is 18.6 Å². The lowest BCUT2D eigenvalue weighted by molar-refractivity contribution is 0.673. The maximum Gasteiger partial charge on any atom is 0.114 e. The van der Waals surface area contributed by atoms with Crippen molar-refractivity contribution >= 4 is 11.8 Å². The van der Waals surface area contributed by atoms with E-state index in [1.807, 2.05) is 6.20 Å². The van der Waals surface area contributed by atoms with E-state index in [2.05, 4.69) is 15.3 Å². The van der Waals surface area contributed by atoms with Gasteiger partial charge in [-0.1, -0.05) is 0 Å². The van der Waals surface area contributed by atoms with Crippen LogP contribution >= 0.6 is 11.8 Å². The summed E-state index contributed by atoms with van der Waals surface area (Å²) in [6, 6.07) is 0.673. The Bertz CT molecular complexity index is 246. The standard InChI is InChI=1S/C9H13N3S/c1-2-8(11-3-1)7-13-9-6-10-4-5-12-9/h4-6,8,11H,1-3,7H2. The van der Waals surface area contributed by atoms with Crippen molar-refractivity contribution in [3.8, 4) is 0 Å². The molecule has 1 atom stereocenters. The lowest BCUT2D eigenvalue weighted by Gasteiger charge is -2.07. The second-order valence-electron chi connectivity index (χ2n) is 3.15. The Hall–Kier alpha value is -0.610. The average molecular weight is 195 g/mol. The molecule has 2 rings (SSSR count). The molecule has 1 saturated heterocycles. The van der Waals surface area contributed by atoms with Crippen molar-refractivity contribution in [2.24, 2.45) is 0 Å². The summed E-state index contributed by atoms with van der Waals surface area (Å²) in [5.41, 5.74) is 0. The number of nitrogens with one attached hydrogen (secondary N) is 1. The van der Waals surface area contributed by atoms with Crippen molar-refractivity contribution < 1.29 is 0 Å². The lowest BCUT2D eigenvalue weighted by atomic mass is 10.3. The minimum atomic E-state index is 0.673. The summed E-state index contributed by atoms with van der Waals surface area (Å²) in [4.78, 5) is 8.24. The Morgan fingerprint density at radius 3 is 3.23 bits per heavy atom. The van der Waals surface area contributed by atoms with Gasteiger partial charge in [0.1, 0.15) is 5.03 Å². The van der Waals surface area contributed by atoms with Crippen molar-refractivity contribution in [2.75, 3.05) is 12.3 Å². The third-order valence-electron chi connectivity index (χ3n) is 2.13. The van der Waals surface area contributed by atoms with E-state index < -0.39 is 0 Å². The van der Waals surface area contributed by atoms with E-state index in [0.717, 1.165) is 10.8 Å². The van der Waals surface area contributed by atoms with Gasteiger partial charge in [0, 0.05) is 24.2 Å². The Balaban J connectivity index is 1.79. The van der Waals surface area contributed by atoms with E-state index in [1.54, 1.807) is 24.2 Å². The van der Waals surface area contributed by atoms with Gasteiger partial charge in [-0.05, 0) is 19.4 Å². The Labute approximate surface area is 82.4 Å². The highest BCUT2D eigenvalue weighted by atomic mass is 32.2. The molecule has 4 heteroatoms. The summed E-state index contributed by atoms with van der Waals surface area (Å²) >= 11 is 1.78. The molecular formula is C9H13N3S. The van der Waals surface area contributed by atoms with Crippen LogP contribution in [0.1, 0.15) is 12.8 Å². The fourth-order valence-corrected chi connectivity index (χ4v) is 2.37. The first-order chi connectivity index (χ1) is 6.45. The SMILES string of the molecule is c1cnc(SCC2CCCN2)cn1. The number of hydrogen-bond donors (Lipinski definition) is 1. The van der Waals surface area contributed by atoms with Gasteiger partial charge in [0.05, 0.1) is 6.20 Å². The molecule has 0 aliphatic carbocycles. The molecule has 0 spiro atoms. The highest BCUT2D eigenvalue weighted by Crippen LogP contribution is 2.17. The van der Waals surface area contributed by atoms with E-state index in [1.165, 1.54) is 19.4 Å². The first-order valence-electron chi connectivity index (χ1n) is 4.57. The first kappa shape index (κ1) is 8.97. The smallest absolute Gasteiger partial charge is 0.114 e. The van der Waals surface area contributed by atoms with E-state index in [0.29, 0.717) is 6.04 Å². The summed E-state index contributed by atoms with van der Waals surface area (Å²) in [6.07, 6.45) is 7.88. The minimum absolute atomic E-state index is 0.673. The molecule has 13 heavy (non-hydrogen) atoms. The van der Waals surface area contributed by atoms with Gasteiger partial charge in [-0.15, -0.1) is 11.8 Å². The summed E-state index contributed by atoms with van der Waals surface area (Å²) < 4.78 is 0. The van der Waals surface area contributed by atoms with E-state index in [9.17, 15) is 0 Å². The van der Waals surface area contributed by atoms with Crippen molar-refractivity contribution in [3.63, 3.8) is 0 Å². The van der Waals surface area contributed by atoms with Gasteiger partial charge in [0.25, 0.3) is 0 Å². The van der Waals surface area contributed by atoms with Crippen LogP contribution in [0.3, 0.4) is 0 Å². The highest BCUT2D eigenvalue weighted by molar-refractivity contribution is 7.99. The largest absolute Gasteiger partial charge is 0.313 e. The number of hydrogen-bond acceptors (Lipinski definition) is 4. The van der Waals surface area contributed by atoms with Crippen LogP contribution < -0.4 is 5.32 Å². The van der Waals surface area contributed by atoms with Crippen LogP contribution in [0.4, 0.5) is 0 Å². The summed E-state index contributed by atoms with van der Waals surface area (Å²) in [7, 11) is 0. The molecule has 1 N–H and O–H groups in total. The Morgan fingerprint density at radius 2 is 2.54 bits per heavy atom. The molecule has 1 aromatic rings. The molecule has 3 nitrogen and oxygen atoms in total. The fraction of sp³-hybridized carbons (Fsp3) is 0.556. The molecule has 0 aromatic carbocycles. The van der Waals surface area contributed by atoms with Crippen LogP contribution in [0.25, 0.3) is 0 Å². The van der Waals surface area contributed by atoms with Crippen molar-refractivity contribution in [2.45, 2.75) is 23.9 Å². The number of thioether (sulfide) groups is 1. The molecule has 0 bridgehead atoms. The second kappa shape index (κ2) is 4.58. The summed E-state index contributed by atoms with van der Waals surface area (Å²) in [6.45, 7) is 1.17. The zero-order valence-corrected chi connectivity index (χ0v) is 8.26. The Morgan fingerprint density at radius 1 is 1.54 bits per heavy atom. The van der Waals surface area contributed by atoms with Crippen molar-refractivity contribution in [1.82, 2.24) is 15.3 Å². The monoisotopic (exact) mass is 195 g/mol. The summed E-state index contributed by atoms with van der Waals surface area (Å²) in [5, 5.41) is 4.48. The fourth-order valence-electron chi connectivity index (χ4n) is 1.44. The second-order valence-corrected chi connectivity index (χ2v) is 4.19. The Kier molecular flexibility index (Phi) is 3.16. The molecule has 1 aliphatic rings. The number of aromatic nitrogens is 2. The van der Waals surface area contributed by atoms with Crippen LogP contribution in [0.5, 0.6) is 0 Å². The topological polar surface area (TPSA) is 37.8 Å². The molecule has 0 saturated carbocycles. The van der Waals surface area contributed by atoms with Crippen LogP contribution in [0, 0.1) is 0 Å². The quantitative estimate of drug-likeness (QED) is 0.738. The van der Waals surface area contributed by atoms with Gasteiger partial charge >= 0.3 is 0 Å². The van der Waals surface area contributed by atoms with Gasteiger partial charge in [-0.25, -0.2) is 4.98 Å². The third-order valence-corrected chi connectivity index (χ3v) is 3.21. The first-order valence-corrected chi connectivity index (χ1v) is 5.56. The molecule has 1 unspecified atom stereocenters. The minimum Gasteiger partial charge on any atom is -0.313 e. The zero-order chi connectivity index (χ0) is 8.93. The van der Waals surface area contributed by atoms with Crippen molar-refractivity contribution in [1.29, 1.82) is 0 Å². The van der Waals surface area contributed by atoms with Gasteiger partial charge in [-0.2, -0.15) is 0 Å². The maximum absolute atomic E-state index is 4.21. The van der Waals surface area contributed by atoms with E-state index >= 15 is 0 Å². The maximum atomic E-state index is 4.21. The molecule has 1 aliphatic heterocycles. The zero-order valence-electron chi connectivity index (χ0n) is 7.44. The molecular weight excluding hydrogens is 182 g/mol. The number of rotatable bonds is 3. The van der Waals surface area contributed by atoms with Crippen LogP contribution in [-0.2, 0) is 0 Å². The van der Waals surface area contributed by atoms with E-state index in [-0.39, 0.29) is 0 Å². The number of nitrogens with zero attached hydrogens (tertiary/aromatic N) is 2. The predicted molar refractivity (Wildman–Crippen MR) is 53.8 cm³/mol. The normalized spacial score (nSPS) is 22.0. The van der Waals surface area contributed by atoms with Gasteiger partial charge in [0.15, 0.2) is 0 Å². The van der Waals surface area contributed by atoms with Gasteiger partial charge in [-0.3, -0.25) is 4.98 Å². The predicted octanol–water partition coefficient (Wildman–Crippen LogP) is 1.32. The van der Waals surface area contributed by atoms with E-state index in [4.69, 9.17) is 0 Å². The molecule has 1 fully saturated rings. The van der Waals surface area contributed by atoms with Gasteiger partial charge < -0.3 is 5.32 Å². The van der Waals surface area contributed by atoms with Crippen LogP contribution in [0.15, 0.2) is 23.6 Å². The van der Waals surface area contributed by atoms with Crippen LogP contribution in [0.2, 0.25) is 0 Å². The third kappa shape index (κ3) is 2.67.